The third kappa shape index (κ3) is 3.98. The van der Waals surface area contributed by atoms with Crippen molar-refractivity contribution >= 4 is 11.8 Å². The summed E-state index contributed by atoms with van der Waals surface area (Å²) < 4.78 is 40.5. The van der Waals surface area contributed by atoms with Gasteiger partial charge in [-0.1, -0.05) is 12.1 Å². The number of ether oxygens (including phenoxy) is 1. The minimum absolute atomic E-state index is 0.0898. The number of benzene rings is 1. The number of nitrogens with zero attached hydrogens (tertiary/aromatic N) is 1. The highest BCUT2D eigenvalue weighted by molar-refractivity contribution is 5.90. The van der Waals surface area contributed by atoms with Gasteiger partial charge in [0.25, 0.3) is 0 Å². The van der Waals surface area contributed by atoms with Crippen LogP contribution in [-0.2, 0) is 9.59 Å². The van der Waals surface area contributed by atoms with Crippen molar-refractivity contribution in [3.63, 3.8) is 0 Å². The van der Waals surface area contributed by atoms with Gasteiger partial charge in [-0.2, -0.15) is 0 Å². The van der Waals surface area contributed by atoms with Gasteiger partial charge in [0.05, 0.1) is 0 Å². The molecular weight excluding hydrogens is 325 g/mol. The average molecular weight is 342 g/mol. The lowest BCUT2D eigenvalue weighted by Gasteiger charge is -2.35. The number of halogens is 3. The molecule has 1 aliphatic carbocycles. The average Bonchev–Trinajstić information content (AvgIpc) is 3.30. The minimum atomic E-state index is -4.77. The molecule has 0 radical (unpaired) electrons. The molecule has 8 heteroatoms. The summed E-state index contributed by atoms with van der Waals surface area (Å²) in [6, 6.07) is 4.25. The first-order chi connectivity index (χ1) is 11.3. The third-order valence-corrected chi connectivity index (χ3v) is 4.12. The van der Waals surface area contributed by atoms with E-state index in [0.717, 1.165) is 25.0 Å². The molecular formula is C16H17F3N2O3. The summed E-state index contributed by atoms with van der Waals surface area (Å²) in [6.07, 6.45) is -2.30. The van der Waals surface area contributed by atoms with Crippen molar-refractivity contribution in [3.05, 3.63) is 29.8 Å². The summed E-state index contributed by atoms with van der Waals surface area (Å²) in [7, 11) is 0. The first kappa shape index (κ1) is 16.6. The van der Waals surface area contributed by atoms with E-state index in [1.807, 2.05) is 0 Å². The van der Waals surface area contributed by atoms with Crippen LogP contribution >= 0.6 is 0 Å². The van der Waals surface area contributed by atoms with Gasteiger partial charge < -0.3 is 15.0 Å². The summed E-state index contributed by atoms with van der Waals surface area (Å²) in [6.45, 7) is 0.768. The largest absolute Gasteiger partial charge is 0.573 e. The van der Waals surface area contributed by atoms with Crippen LogP contribution in [0.3, 0.4) is 0 Å². The lowest BCUT2D eigenvalue weighted by molar-refractivity contribution is -0.274. The summed E-state index contributed by atoms with van der Waals surface area (Å²) >= 11 is 0. The van der Waals surface area contributed by atoms with E-state index < -0.39 is 12.4 Å². The van der Waals surface area contributed by atoms with Crippen LogP contribution < -0.4 is 10.1 Å². The molecule has 2 fully saturated rings. The normalized spacial score (nSPS) is 21.4. The number of carbonyl (C=O) groups excluding carboxylic acids is 2. The van der Waals surface area contributed by atoms with Gasteiger partial charge in [0.1, 0.15) is 11.8 Å². The predicted octanol–water partition coefficient (Wildman–Crippen LogP) is 2.38. The summed E-state index contributed by atoms with van der Waals surface area (Å²) in [5, 5.41) is 2.69. The number of carbonyl (C=O) groups is 2. The number of nitrogens with one attached hydrogen (secondary N) is 1. The SMILES string of the molecule is O=C1NCCN(C(=O)CC2CC2)[C@@H]1c1ccc(OC(F)(F)F)cc1. The molecule has 3 rings (SSSR count). The first-order valence-corrected chi connectivity index (χ1v) is 7.76. The van der Waals surface area contributed by atoms with Crippen molar-refractivity contribution in [1.29, 1.82) is 0 Å². The van der Waals surface area contributed by atoms with Crippen LogP contribution in [0.5, 0.6) is 5.75 Å². The standard InChI is InChI=1S/C16H17F3N2O3/c17-16(18,19)24-12-5-3-11(4-6-12)14-15(23)20-7-8-21(14)13(22)9-10-1-2-10/h3-6,10,14H,1-2,7-9H2,(H,20,23)/t14-/m1/s1. The maximum absolute atomic E-state index is 12.4. The Kier molecular flexibility index (Phi) is 4.38. The Labute approximate surface area is 136 Å². The van der Waals surface area contributed by atoms with E-state index in [9.17, 15) is 22.8 Å². The Bertz CT molecular complexity index is 626. The zero-order chi connectivity index (χ0) is 17.3. The molecule has 0 aromatic heterocycles. The minimum Gasteiger partial charge on any atom is -0.406 e. The zero-order valence-electron chi connectivity index (χ0n) is 12.8. The molecule has 1 aromatic carbocycles. The predicted molar refractivity (Wildman–Crippen MR) is 77.9 cm³/mol. The molecule has 24 heavy (non-hydrogen) atoms. The van der Waals surface area contributed by atoms with Crippen LogP contribution in [0.1, 0.15) is 30.9 Å². The van der Waals surface area contributed by atoms with Crippen LogP contribution in [0.25, 0.3) is 0 Å². The van der Waals surface area contributed by atoms with Gasteiger partial charge in [0, 0.05) is 19.5 Å². The molecule has 1 heterocycles. The van der Waals surface area contributed by atoms with E-state index in [0.29, 0.717) is 31.0 Å². The van der Waals surface area contributed by atoms with Gasteiger partial charge in [-0.05, 0) is 36.5 Å². The fourth-order valence-electron chi connectivity index (χ4n) is 2.80. The molecule has 0 spiro atoms. The van der Waals surface area contributed by atoms with E-state index in [1.54, 1.807) is 0 Å². The lowest BCUT2D eigenvalue weighted by atomic mass is 10.0. The quantitative estimate of drug-likeness (QED) is 0.914. The Morgan fingerprint density at radius 2 is 1.92 bits per heavy atom. The topological polar surface area (TPSA) is 58.6 Å². The summed E-state index contributed by atoms with van der Waals surface area (Å²) in [5.41, 5.74) is 0.464. The van der Waals surface area contributed by atoms with E-state index in [2.05, 4.69) is 10.1 Å². The van der Waals surface area contributed by atoms with Crippen LogP contribution in [0, 0.1) is 5.92 Å². The van der Waals surface area contributed by atoms with Crippen LogP contribution in [-0.4, -0.2) is 36.2 Å². The molecule has 2 aliphatic rings. The van der Waals surface area contributed by atoms with E-state index in [1.165, 1.54) is 17.0 Å². The lowest BCUT2D eigenvalue weighted by Crippen LogP contribution is -2.52. The van der Waals surface area contributed by atoms with Gasteiger partial charge >= 0.3 is 6.36 Å². The van der Waals surface area contributed by atoms with Gasteiger partial charge in [-0.15, -0.1) is 13.2 Å². The first-order valence-electron chi connectivity index (χ1n) is 7.76. The number of hydrogen-bond donors (Lipinski definition) is 1. The number of alkyl halides is 3. The zero-order valence-corrected chi connectivity index (χ0v) is 12.8. The maximum atomic E-state index is 12.4. The second-order valence-corrected chi connectivity index (χ2v) is 6.05. The molecule has 2 amide bonds. The smallest absolute Gasteiger partial charge is 0.406 e. The maximum Gasteiger partial charge on any atom is 0.573 e. The molecule has 0 bridgehead atoms. The second-order valence-electron chi connectivity index (χ2n) is 6.05. The van der Waals surface area contributed by atoms with Crippen LogP contribution in [0.4, 0.5) is 13.2 Å². The van der Waals surface area contributed by atoms with E-state index in [-0.39, 0.29) is 17.6 Å². The van der Waals surface area contributed by atoms with Crippen molar-refractivity contribution < 1.29 is 27.5 Å². The number of hydrogen-bond acceptors (Lipinski definition) is 3. The monoisotopic (exact) mass is 342 g/mol. The van der Waals surface area contributed by atoms with Crippen molar-refractivity contribution in [1.82, 2.24) is 10.2 Å². The highest BCUT2D eigenvalue weighted by Gasteiger charge is 2.37. The Morgan fingerprint density at radius 3 is 2.50 bits per heavy atom. The second kappa shape index (κ2) is 6.33. The fourth-order valence-corrected chi connectivity index (χ4v) is 2.80. The van der Waals surface area contributed by atoms with Crippen molar-refractivity contribution in [3.8, 4) is 5.75 Å². The van der Waals surface area contributed by atoms with Gasteiger partial charge in [-0.3, -0.25) is 9.59 Å². The number of piperazine rings is 1. The molecule has 1 atom stereocenters. The van der Waals surface area contributed by atoms with E-state index >= 15 is 0 Å². The Morgan fingerprint density at radius 1 is 1.25 bits per heavy atom. The van der Waals surface area contributed by atoms with Crippen LogP contribution in [0.15, 0.2) is 24.3 Å². The molecule has 1 saturated heterocycles. The van der Waals surface area contributed by atoms with Gasteiger partial charge in [0.2, 0.25) is 11.8 Å². The molecule has 5 nitrogen and oxygen atoms in total. The van der Waals surface area contributed by atoms with E-state index in [4.69, 9.17) is 0 Å². The molecule has 1 aliphatic heterocycles. The Hall–Kier alpha value is -2.25. The highest BCUT2D eigenvalue weighted by atomic mass is 19.4. The fraction of sp³-hybridized carbons (Fsp3) is 0.500. The molecule has 130 valence electrons. The molecule has 0 unspecified atom stereocenters. The molecule has 1 saturated carbocycles. The van der Waals surface area contributed by atoms with Gasteiger partial charge in [0.15, 0.2) is 0 Å². The number of amides is 2. The van der Waals surface area contributed by atoms with Crippen molar-refractivity contribution in [2.45, 2.75) is 31.7 Å². The van der Waals surface area contributed by atoms with Crippen molar-refractivity contribution in [2.24, 2.45) is 5.92 Å². The summed E-state index contributed by atoms with van der Waals surface area (Å²) in [5.74, 6) is -0.383. The van der Waals surface area contributed by atoms with Crippen LogP contribution in [0.2, 0.25) is 0 Å². The number of rotatable bonds is 4. The summed E-state index contributed by atoms with van der Waals surface area (Å²) in [4.78, 5) is 26.1. The highest BCUT2D eigenvalue weighted by Crippen LogP contribution is 2.35. The molecule has 1 aromatic rings. The van der Waals surface area contributed by atoms with Gasteiger partial charge in [-0.25, -0.2) is 0 Å². The van der Waals surface area contributed by atoms with Crippen molar-refractivity contribution in [2.75, 3.05) is 13.1 Å². The molecule has 1 N–H and O–H groups in total. The third-order valence-electron chi connectivity index (χ3n) is 4.12. The Balaban J connectivity index is 1.77.